The number of anilines is 2. The fourth-order valence-corrected chi connectivity index (χ4v) is 4.72. The molecule has 35 heavy (non-hydrogen) atoms. The van der Waals surface area contributed by atoms with Crippen LogP contribution < -0.4 is 15.8 Å². The minimum atomic E-state index is -4.42. The number of hydrogen-bond acceptors (Lipinski definition) is 6. The second-order valence-electron chi connectivity index (χ2n) is 9.37. The van der Waals surface area contributed by atoms with Crippen molar-refractivity contribution in [3.63, 3.8) is 0 Å². The average Bonchev–Trinajstić information content (AvgIpc) is 2.78. The van der Waals surface area contributed by atoms with E-state index in [9.17, 15) is 18.0 Å². The van der Waals surface area contributed by atoms with Crippen molar-refractivity contribution in [2.45, 2.75) is 52.9 Å². The summed E-state index contributed by atoms with van der Waals surface area (Å²) in [6, 6.07) is 5.96. The topological polar surface area (TPSA) is 77.2 Å². The van der Waals surface area contributed by atoms with Crippen molar-refractivity contribution in [2.24, 2.45) is 0 Å². The number of aromatic amines is 1. The molecule has 0 amide bonds. The highest BCUT2D eigenvalue weighted by atomic mass is 19.4. The van der Waals surface area contributed by atoms with Crippen LogP contribution in [0.1, 0.15) is 49.3 Å². The Morgan fingerprint density at radius 3 is 2.37 bits per heavy atom. The van der Waals surface area contributed by atoms with Gasteiger partial charge < -0.3 is 15.2 Å². The number of aryl methyl sites for hydroxylation is 1. The maximum atomic E-state index is 13.4. The standard InChI is InChI=1S/C25H31F3N6O/c1-14(2)33-9-11-34(12-10-33)21-13-19-22(30-17(5)31-23(19)32-24(21)35)29-16(4)18-7-6-8-20(15(18)3)25(26,27)28/h6-8,13-14,16H,9-12H2,1-5H3,(H2,29,30,31,32,35)/t16-/m1/s1. The van der Waals surface area contributed by atoms with Crippen molar-refractivity contribution in [3.8, 4) is 0 Å². The molecule has 1 saturated heterocycles. The predicted molar refractivity (Wildman–Crippen MR) is 132 cm³/mol. The summed E-state index contributed by atoms with van der Waals surface area (Å²) in [6.07, 6.45) is -4.42. The third-order valence-corrected chi connectivity index (χ3v) is 6.69. The van der Waals surface area contributed by atoms with Crippen LogP contribution in [0.5, 0.6) is 0 Å². The highest BCUT2D eigenvalue weighted by Crippen LogP contribution is 2.35. The summed E-state index contributed by atoms with van der Waals surface area (Å²) in [5.41, 5.74) is 0.758. The Morgan fingerprint density at radius 2 is 1.74 bits per heavy atom. The molecule has 4 rings (SSSR count). The molecule has 0 spiro atoms. The van der Waals surface area contributed by atoms with Gasteiger partial charge in [0.1, 0.15) is 23.0 Å². The first-order valence-electron chi connectivity index (χ1n) is 11.8. The summed E-state index contributed by atoms with van der Waals surface area (Å²) >= 11 is 0. The highest BCUT2D eigenvalue weighted by molar-refractivity contribution is 5.89. The molecule has 1 fully saturated rings. The van der Waals surface area contributed by atoms with Gasteiger partial charge in [-0.25, -0.2) is 9.97 Å². The largest absolute Gasteiger partial charge is 0.416 e. The smallest absolute Gasteiger partial charge is 0.364 e. The second kappa shape index (κ2) is 9.49. The molecule has 3 heterocycles. The van der Waals surface area contributed by atoms with Crippen molar-refractivity contribution >= 4 is 22.5 Å². The molecular formula is C25H31F3N6O. The predicted octanol–water partition coefficient (Wildman–Crippen LogP) is 4.66. The van der Waals surface area contributed by atoms with Gasteiger partial charge in [0.2, 0.25) is 0 Å². The molecule has 1 aliphatic rings. The van der Waals surface area contributed by atoms with Gasteiger partial charge >= 0.3 is 6.18 Å². The van der Waals surface area contributed by atoms with Crippen molar-refractivity contribution in [1.29, 1.82) is 0 Å². The molecule has 1 atom stereocenters. The summed E-state index contributed by atoms with van der Waals surface area (Å²) in [7, 11) is 0. The lowest BCUT2D eigenvalue weighted by molar-refractivity contribution is -0.138. The molecule has 0 unspecified atom stereocenters. The quantitative estimate of drug-likeness (QED) is 0.544. The summed E-state index contributed by atoms with van der Waals surface area (Å²) in [6.45, 7) is 12.5. The monoisotopic (exact) mass is 488 g/mol. The van der Waals surface area contributed by atoms with E-state index in [1.165, 1.54) is 13.0 Å². The van der Waals surface area contributed by atoms with Crippen LogP contribution in [0.15, 0.2) is 29.1 Å². The number of piperazine rings is 1. The molecule has 1 aromatic carbocycles. The van der Waals surface area contributed by atoms with Crippen molar-refractivity contribution in [3.05, 3.63) is 57.1 Å². The Balaban J connectivity index is 1.69. The van der Waals surface area contributed by atoms with Crippen LogP contribution in [-0.4, -0.2) is 52.1 Å². The summed E-state index contributed by atoms with van der Waals surface area (Å²) in [5.74, 6) is 0.914. The van der Waals surface area contributed by atoms with Crippen molar-refractivity contribution in [2.75, 3.05) is 36.4 Å². The zero-order chi connectivity index (χ0) is 25.5. The van der Waals surface area contributed by atoms with Gasteiger partial charge in [0, 0.05) is 32.2 Å². The minimum Gasteiger partial charge on any atom is -0.364 e. The Morgan fingerprint density at radius 1 is 1.06 bits per heavy atom. The molecule has 3 aromatic rings. The zero-order valence-electron chi connectivity index (χ0n) is 20.6. The molecule has 2 N–H and O–H groups in total. The fraction of sp³-hybridized carbons (Fsp3) is 0.480. The van der Waals surface area contributed by atoms with Gasteiger partial charge in [-0.2, -0.15) is 13.2 Å². The van der Waals surface area contributed by atoms with Gasteiger partial charge in [0.05, 0.1) is 17.0 Å². The third-order valence-electron chi connectivity index (χ3n) is 6.69. The Hall–Kier alpha value is -3.14. The number of nitrogens with one attached hydrogen (secondary N) is 2. The number of halogens is 3. The Labute approximate surface area is 202 Å². The number of fused-ring (bicyclic) bond motifs is 1. The van der Waals surface area contributed by atoms with Crippen LogP contribution in [0.3, 0.4) is 0 Å². The van der Waals surface area contributed by atoms with E-state index in [0.717, 1.165) is 32.2 Å². The van der Waals surface area contributed by atoms with Crippen LogP contribution in [0.25, 0.3) is 11.0 Å². The van der Waals surface area contributed by atoms with Crippen LogP contribution in [0.2, 0.25) is 0 Å². The molecule has 10 heteroatoms. The molecule has 188 valence electrons. The maximum absolute atomic E-state index is 13.4. The SMILES string of the molecule is Cc1nc(N[C@H](C)c2cccc(C(F)(F)F)c2C)c2cc(N3CCN(C(C)C)CC3)c(=O)[nH]c2n1. The highest BCUT2D eigenvalue weighted by Gasteiger charge is 2.33. The third kappa shape index (κ3) is 5.12. The summed E-state index contributed by atoms with van der Waals surface area (Å²) in [4.78, 5) is 29.1. The van der Waals surface area contributed by atoms with Gasteiger partial charge in [-0.3, -0.25) is 9.69 Å². The normalized spacial score (nSPS) is 16.2. The van der Waals surface area contributed by atoms with Gasteiger partial charge in [-0.05, 0) is 57.9 Å². The van der Waals surface area contributed by atoms with E-state index in [4.69, 9.17) is 0 Å². The van der Waals surface area contributed by atoms with Gasteiger partial charge in [-0.15, -0.1) is 0 Å². The lowest BCUT2D eigenvalue weighted by Crippen LogP contribution is -2.50. The van der Waals surface area contributed by atoms with Gasteiger partial charge in [0.15, 0.2) is 0 Å². The van der Waals surface area contributed by atoms with Crippen LogP contribution >= 0.6 is 0 Å². The second-order valence-corrected chi connectivity index (χ2v) is 9.37. The molecule has 0 saturated carbocycles. The van der Waals surface area contributed by atoms with E-state index in [2.05, 4.69) is 43.9 Å². The maximum Gasteiger partial charge on any atom is 0.416 e. The van der Waals surface area contributed by atoms with E-state index in [1.54, 1.807) is 26.0 Å². The number of H-pyrrole nitrogens is 1. The first-order valence-corrected chi connectivity index (χ1v) is 11.8. The summed E-state index contributed by atoms with van der Waals surface area (Å²) < 4.78 is 40.3. The average molecular weight is 489 g/mol. The zero-order valence-corrected chi connectivity index (χ0v) is 20.6. The Kier molecular flexibility index (Phi) is 6.77. The number of alkyl halides is 3. The minimum absolute atomic E-state index is 0.173. The van der Waals surface area contributed by atoms with E-state index in [0.29, 0.717) is 40.0 Å². The number of hydrogen-bond donors (Lipinski definition) is 2. The molecular weight excluding hydrogens is 457 g/mol. The van der Waals surface area contributed by atoms with E-state index in [-0.39, 0.29) is 11.1 Å². The number of aromatic nitrogens is 3. The van der Waals surface area contributed by atoms with Gasteiger partial charge in [-0.1, -0.05) is 12.1 Å². The number of benzene rings is 1. The van der Waals surface area contributed by atoms with Gasteiger partial charge in [0.25, 0.3) is 5.56 Å². The van der Waals surface area contributed by atoms with Crippen molar-refractivity contribution in [1.82, 2.24) is 19.9 Å². The molecule has 0 bridgehead atoms. The van der Waals surface area contributed by atoms with Crippen molar-refractivity contribution < 1.29 is 13.2 Å². The summed E-state index contributed by atoms with van der Waals surface area (Å²) in [5, 5.41) is 3.88. The Bertz CT molecular complexity index is 1280. The van der Waals surface area contributed by atoms with Crippen LogP contribution in [0.4, 0.5) is 24.7 Å². The van der Waals surface area contributed by atoms with Crippen LogP contribution in [0, 0.1) is 13.8 Å². The number of pyridine rings is 1. The first kappa shape index (κ1) is 25.0. The number of nitrogens with zero attached hydrogens (tertiary/aromatic N) is 4. The van der Waals surface area contributed by atoms with E-state index >= 15 is 0 Å². The first-order chi connectivity index (χ1) is 16.5. The molecule has 0 aliphatic carbocycles. The van der Waals surface area contributed by atoms with E-state index in [1.807, 2.05) is 0 Å². The lowest BCUT2D eigenvalue weighted by atomic mass is 9.97. The molecule has 2 aromatic heterocycles. The van der Waals surface area contributed by atoms with Crippen LogP contribution in [-0.2, 0) is 6.18 Å². The molecule has 7 nitrogen and oxygen atoms in total. The number of rotatable bonds is 5. The molecule has 1 aliphatic heterocycles. The molecule has 0 radical (unpaired) electrons. The van der Waals surface area contributed by atoms with E-state index < -0.39 is 17.8 Å². The fourth-order valence-electron chi connectivity index (χ4n) is 4.72. The lowest BCUT2D eigenvalue weighted by Gasteiger charge is -2.37.